The van der Waals surface area contributed by atoms with Gasteiger partial charge in [-0.1, -0.05) is 5.16 Å². The molecule has 0 aromatic carbocycles. The van der Waals surface area contributed by atoms with Crippen LogP contribution < -0.4 is 0 Å². The highest BCUT2D eigenvalue weighted by atomic mass is 16.5. The van der Waals surface area contributed by atoms with Crippen LogP contribution in [0.3, 0.4) is 0 Å². The van der Waals surface area contributed by atoms with E-state index in [1.54, 1.807) is 13.0 Å². The molecule has 0 N–H and O–H groups in total. The Balaban J connectivity index is 1.79. The summed E-state index contributed by atoms with van der Waals surface area (Å²) in [5.74, 6) is 0.706. The monoisotopic (exact) mass is 235 g/mol. The van der Waals surface area contributed by atoms with Crippen LogP contribution in [0.1, 0.15) is 29.1 Å². The van der Waals surface area contributed by atoms with Crippen LogP contribution in [0.15, 0.2) is 10.6 Å². The second kappa shape index (κ2) is 3.84. The average Bonchev–Trinajstić information content (AvgIpc) is 2.96. The number of rotatable bonds is 1. The number of carbonyl (C=O) groups excluding carboxylic acids is 1. The molecule has 0 aliphatic carbocycles. The molecule has 0 spiro atoms. The van der Waals surface area contributed by atoms with Crippen molar-refractivity contribution in [1.82, 2.24) is 15.0 Å². The van der Waals surface area contributed by atoms with E-state index in [0.717, 1.165) is 25.9 Å². The van der Waals surface area contributed by atoms with Gasteiger partial charge in [-0.3, -0.25) is 4.79 Å². The first-order valence-electron chi connectivity index (χ1n) is 6.11. The van der Waals surface area contributed by atoms with Crippen LogP contribution in [-0.2, 0) is 0 Å². The number of likely N-dealkylation sites (N-methyl/N-ethyl adjacent to an activating group) is 1. The molecule has 17 heavy (non-hydrogen) atoms. The third kappa shape index (κ3) is 1.65. The minimum Gasteiger partial charge on any atom is -0.361 e. The van der Waals surface area contributed by atoms with Gasteiger partial charge in [-0.05, 0) is 26.8 Å². The predicted octanol–water partition coefficient (Wildman–Crippen LogP) is 0.902. The number of carbonyl (C=O) groups is 1. The molecule has 2 atom stereocenters. The maximum atomic E-state index is 12.3. The van der Waals surface area contributed by atoms with E-state index >= 15 is 0 Å². The van der Waals surface area contributed by atoms with Crippen LogP contribution in [-0.4, -0.2) is 53.1 Å². The first kappa shape index (κ1) is 10.8. The van der Waals surface area contributed by atoms with Crippen molar-refractivity contribution in [3.8, 4) is 0 Å². The Morgan fingerprint density at radius 3 is 2.88 bits per heavy atom. The fourth-order valence-electron chi connectivity index (χ4n) is 3.07. The summed E-state index contributed by atoms with van der Waals surface area (Å²) in [7, 11) is 2.14. The van der Waals surface area contributed by atoms with Gasteiger partial charge in [0.1, 0.15) is 5.76 Å². The maximum absolute atomic E-state index is 12.3. The average molecular weight is 235 g/mol. The summed E-state index contributed by atoms with van der Waals surface area (Å²) in [4.78, 5) is 16.6. The van der Waals surface area contributed by atoms with E-state index < -0.39 is 0 Å². The van der Waals surface area contributed by atoms with E-state index in [1.807, 2.05) is 4.90 Å². The third-order valence-electron chi connectivity index (χ3n) is 3.96. The first-order valence-corrected chi connectivity index (χ1v) is 6.11. The largest absolute Gasteiger partial charge is 0.361 e. The minimum absolute atomic E-state index is 0.0182. The number of fused-ring (bicyclic) bond motifs is 1. The molecular weight excluding hydrogens is 218 g/mol. The van der Waals surface area contributed by atoms with E-state index in [4.69, 9.17) is 4.52 Å². The molecule has 5 nitrogen and oxygen atoms in total. The third-order valence-corrected chi connectivity index (χ3v) is 3.96. The summed E-state index contributed by atoms with van der Waals surface area (Å²) in [6, 6.07) is 2.62. The normalized spacial score (nSPS) is 28.7. The Bertz CT molecular complexity index is 443. The van der Waals surface area contributed by atoms with E-state index in [0.29, 0.717) is 23.5 Å². The van der Waals surface area contributed by atoms with Gasteiger partial charge >= 0.3 is 0 Å². The zero-order valence-corrected chi connectivity index (χ0v) is 10.2. The number of likely N-dealkylation sites (tertiary alicyclic amines) is 2. The Morgan fingerprint density at radius 1 is 1.41 bits per heavy atom. The Kier molecular flexibility index (Phi) is 2.43. The van der Waals surface area contributed by atoms with E-state index in [9.17, 15) is 4.79 Å². The van der Waals surface area contributed by atoms with Crippen LogP contribution >= 0.6 is 0 Å². The molecule has 92 valence electrons. The van der Waals surface area contributed by atoms with Crippen LogP contribution in [0.25, 0.3) is 0 Å². The molecule has 3 rings (SSSR count). The van der Waals surface area contributed by atoms with Crippen molar-refractivity contribution in [3.05, 3.63) is 17.5 Å². The van der Waals surface area contributed by atoms with Gasteiger partial charge in [-0.15, -0.1) is 0 Å². The second-order valence-electron chi connectivity index (χ2n) is 5.01. The number of amides is 1. The number of hydrogen-bond acceptors (Lipinski definition) is 4. The Hall–Kier alpha value is -1.36. The Labute approximate surface area is 100 Å². The smallest absolute Gasteiger partial charge is 0.276 e. The quantitative estimate of drug-likeness (QED) is 0.725. The number of aromatic nitrogens is 1. The van der Waals surface area contributed by atoms with Crippen molar-refractivity contribution in [2.24, 2.45) is 0 Å². The van der Waals surface area contributed by atoms with Crippen LogP contribution in [0.4, 0.5) is 0 Å². The Morgan fingerprint density at radius 2 is 2.18 bits per heavy atom. The molecule has 2 saturated heterocycles. The molecule has 1 aromatic heterocycles. The van der Waals surface area contributed by atoms with Gasteiger partial charge in [0.05, 0.1) is 0 Å². The minimum atomic E-state index is 0.0182. The lowest BCUT2D eigenvalue weighted by Gasteiger charge is -2.23. The number of nitrogens with zero attached hydrogens (tertiary/aromatic N) is 3. The summed E-state index contributed by atoms with van der Waals surface area (Å²) in [5.41, 5.74) is 0.442. The summed E-state index contributed by atoms with van der Waals surface area (Å²) in [6.45, 7) is 3.72. The lowest BCUT2D eigenvalue weighted by Crippen LogP contribution is -2.39. The van der Waals surface area contributed by atoms with Gasteiger partial charge in [-0.25, -0.2) is 0 Å². The summed E-state index contributed by atoms with van der Waals surface area (Å²) >= 11 is 0. The molecule has 0 unspecified atom stereocenters. The zero-order chi connectivity index (χ0) is 12.0. The molecule has 0 radical (unpaired) electrons. The van der Waals surface area contributed by atoms with Crippen LogP contribution in [0.5, 0.6) is 0 Å². The SMILES string of the molecule is Cc1cc(C(=O)N2CC[C@H]3[C@H]2CCN3C)no1. The van der Waals surface area contributed by atoms with Gasteiger partial charge in [0, 0.05) is 31.2 Å². The van der Waals surface area contributed by atoms with Crippen LogP contribution in [0, 0.1) is 6.92 Å². The zero-order valence-electron chi connectivity index (χ0n) is 10.2. The van der Waals surface area contributed by atoms with Crippen molar-refractivity contribution in [2.75, 3.05) is 20.1 Å². The lowest BCUT2D eigenvalue weighted by molar-refractivity contribution is 0.0723. The molecule has 2 aliphatic rings. The van der Waals surface area contributed by atoms with Gasteiger partial charge in [0.2, 0.25) is 0 Å². The van der Waals surface area contributed by atoms with Crippen molar-refractivity contribution in [2.45, 2.75) is 31.8 Å². The van der Waals surface area contributed by atoms with Crippen molar-refractivity contribution < 1.29 is 9.32 Å². The molecule has 0 bridgehead atoms. The summed E-state index contributed by atoms with van der Waals surface area (Å²) in [6.07, 6.45) is 2.15. The van der Waals surface area contributed by atoms with Crippen molar-refractivity contribution >= 4 is 5.91 Å². The fourth-order valence-corrected chi connectivity index (χ4v) is 3.07. The lowest BCUT2D eigenvalue weighted by atomic mass is 10.1. The molecule has 5 heteroatoms. The molecule has 0 saturated carbocycles. The van der Waals surface area contributed by atoms with E-state index in [-0.39, 0.29) is 5.91 Å². The van der Waals surface area contributed by atoms with Gasteiger partial charge in [0.15, 0.2) is 5.69 Å². The molecule has 2 aliphatic heterocycles. The first-order chi connectivity index (χ1) is 8.16. The molecule has 3 heterocycles. The predicted molar refractivity (Wildman–Crippen MR) is 61.7 cm³/mol. The molecular formula is C12H17N3O2. The number of hydrogen-bond donors (Lipinski definition) is 0. The highest BCUT2D eigenvalue weighted by Gasteiger charge is 2.43. The van der Waals surface area contributed by atoms with Gasteiger partial charge in [-0.2, -0.15) is 0 Å². The summed E-state index contributed by atoms with van der Waals surface area (Å²) in [5, 5.41) is 3.81. The van der Waals surface area contributed by atoms with Crippen molar-refractivity contribution in [1.29, 1.82) is 0 Å². The van der Waals surface area contributed by atoms with E-state index in [2.05, 4.69) is 17.1 Å². The summed E-state index contributed by atoms with van der Waals surface area (Å²) < 4.78 is 4.97. The fraction of sp³-hybridized carbons (Fsp3) is 0.667. The highest BCUT2D eigenvalue weighted by molar-refractivity contribution is 5.92. The molecule has 2 fully saturated rings. The van der Waals surface area contributed by atoms with Gasteiger partial charge < -0.3 is 14.3 Å². The highest BCUT2D eigenvalue weighted by Crippen LogP contribution is 2.31. The molecule has 1 aromatic rings. The second-order valence-corrected chi connectivity index (χ2v) is 5.01. The van der Waals surface area contributed by atoms with Crippen molar-refractivity contribution in [3.63, 3.8) is 0 Å². The van der Waals surface area contributed by atoms with E-state index in [1.165, 1.54) is 0 Å². The standard InChI is InChI=1S/C12H17N3O2/c1-8-7-9(13-17-8)12(16)15-6-4-10-11(15)3-5-14(10)2/h7,10-11H,3-6H2,1-2H3/t10-,11+/m0/s1. The van der Waals surface area contributed by atoms with Crippen LogP contribution in [0.2, 0.25) is 0 Å². The van der Waals surface area contributed by atoms with Gasteiger partial charge in [0.25, 0.3) is 5.91 Å². The molecule has 1 amide bonds. The topological polar surface area (TPSA) is 49.6 Å². The maximum Gasteiger partial charge on any atom is 0.276 e. The number of aryl methyl sites for hydroxylation is 1.